The van der Waals surface area contributed by atoms with E-state index in [-0.39, 0.29) is 11.4 Å². The number of hydrazine groups is 1. The number of nitrogens with one attached hydrogen (secondary N) is 2. The third-order valence-corrected chi connectivity index (χ3v) is 5.15. The minimum Gasteiger partial charge on any atom is -0.386 e. The smallest absolute Gasteiger partial charge is 0.0840 e. The van der Waals surface area contributed by atoms with Crippen LogP contribution in [0.25, 0.3) is 0 Å². The highest BCUT2D eigenvalue weighted by atomic mass is 35.5. The lowest BCUT2D eigenvalue weighted by Crippen LogP contribution is -2.37. The van der Waals surface area contributed by atoms with Crippen LogP contribution >= 0.6 is 11.6 Å². The van der Waals surface area contributed by atoms with Crippen molar-refractivity contribution in [1.82, 2.24) is 10.9 Å². The molecule has 1 saturated heterocycles. The Labute approximate surface area is 125 Å². The molecular formula is C16H23ClN2O. The molecule has 20 heavy (non-hydrogen) atoms. The van der Waals surface area contributed by atoms with Gasteiger partial charge in [-0.25, -0.2) is 5.43 Å². The van der Waals surface area contributed by atoms with E-state index in [1.54, 1.807) is 0 Å². The largest absolute Gasteiger partial charge is 0.386 e. The van der Waals surface area contributed by atoms with Crippen LogP contribution in [-0.4, -0.2) is 16.5 Å². The van der Waals surface area contributed by atoms with Crippen LogP contribution in [0.1, 0.15) is 50.3 Å². The van der Waals surface area contributed by atoms with Gasteiger partial charge in [0.25, 0.3) is 0 Å². The summed E-state index contributed by atoms with van der Waals surface area (Å²) >= 11 is 6.56. The molecule has 4 atom stereocenters. The maximum atomic E-state index is 10.2. The lowest BCUT2D eigenvalue weighted by atomic mass is 9.78. The van der Waals surface area contributed by atoms with Crippen LogP contribution in [0, 0.1) is 5.92 Å². The molecule has 3 rings (SSSR count). The molecule has 3 N–H and O–H groups in total. The average molecular weight is 295 g/mol. The molecule has 2 aliphatic rings. The molecule has 1 aromatic rings. The first-order valence-electron chi connectivity index (χ1n) is 7.45. The van der Waals surface area contributed by atoms with E-state index >= 15 is 0 Å². The minimum absolute atomic E-state index is 0.215. The number of alkyl halides is 1. The van der Waals surface area contributed by atoms with Crippen LogP contribution in [0.4, 0.5) is 0 Å². The standard InChI is InChI=1S/C16H23ClN2O/c1-16(2,20)11-6-3-5-10(9-11)15-14-12(17)7-4-8-13(14)18-19-15/h3,5-6,9,12-15,18-20H,4,7-8H2,1-2H3. The molecule has 1 heterocycles. The maximum absolute atomic E-state index is 10.2. The Morgan fingerprint density at radius 3 is 2.80 bits per heavy atom. The average Bonchev–Trinajstić information content (AvgIpc) is 2.83. The van der Waals surface area contributed by atoms with Gasteiger partial charge in [-0.2, -0.15) is 0 Å². The van der Waals surface area contributed by atoms with E-state index in [4.69, 9.17) is 11.6 Å². The first-order chi connectivity index (χ1) is 9.47. The monoisotopic (exact) mass is 294 g/mol. The zero-order valence-corrected chi connectivity index (χ0v) is 12.8. The Morgan fingerprint density at radius 2 is 2.05 bits per heavy atom. The number of rotatable bonds is 2. The van der Waals surface area contributed by atoms with E-state index in [1.165, 1.54) is 18.4 Å². The van der Waals surface area contributed by atoms with Gasteiger partial charge in [-0.1, -0.05) is 30.7 Å². The Balaban J connectivity index is 1.89. The third-order valence-electron chi connectivity index (χ3n) is 4.64. The number of hydrogen-bond acceptors (Lipinski definition) is 3. The molecule has 1 saturated carbocycles. The van der Waals surface area contributed by atoms with E-state index in [9.17, 15) is 5.11 Å². The zero-order valence-electron chi connectivity index (χ0n) is 12.1. The van der Waals surface area contributed by atoms with Gasteiger partial charge in [0, 0.05) is 17.3 Å². The summed E-state index contributed by atoms with van der Waals surface area (Å²) in [6.45, 7) is 3.64. The van der Waals surface area contributed by atoms with Crippen LogP contribution in [0.5, 0.6) is 0 Å². The van der Waals surface area contributed by atoms with Gasteiger partial charge in [-0.3, -0.25) is 5.43 Å². The van der Waals surface area contributed by atoms with Crippen molar-refractivity contribution in [2.24, 2.45) is 5.92 Å². The third kappa shape index (κ3) is 2.60. The van der Waals surface area contributed by atoms with E-state index in [0.717, 1.165) is 12.0 Å². The Bertz CT molecular complexity index is 486. The second-order valence-electron chi connectivity index (χ2n) is 6.58. The van der Waals surface area contributed by atoms with E-state index in [0.29, 0.717) is 12.0 Å². The van der Waals surface area contributed by atoms with Crippen molar-refractivity contribution in [1.29, 1.82) is 0 Å². The molecule has 0 amide bonds. The molecule has 1 aliphatic heterocycles. The SMILES string of the molecule is CC(C)(O)c1cccc(C2NNC3CCCC(Cl)C32)c1. The van der Waals surface area contributed by atoms with Crippen molar-refractivity contribution in [2.75, 3.05) is 0 Å². The zero-order chi connectivity index (χ0) is 14.3. The van der Waals surface area contributed by atoms with Gasteiger partial charge in [0.2, 0.25) is 0 Å². The van der Waals surface area contributed by atoms with E-state index < -0.39 is 5.60 Å². The summed E-state index contributed by atoms with van der Waals surface area (Å²) in [6, 6.07) is 8.90. The number of halogens is 1. The van der Waals surface area contributed by atoms with Crippen molar-refractivity contribution < 1.29 is 5.11 Å². The summed E-state index contributed by atoms with van der Waals surface area (Å²) in [5.41, 5.74) is 8.15. The van der Waals surface area contributed by atoms with Crippen LogP contribution < -0.4 is 10.9 Å². The normalized spacial score (nSPS) is 34.0. The fraction of sp³-hybridized carbons (Fsp3) is 0.625. The van der Waals surface area contributed by atoms with Crippen molar-refractivity contribution >= 4 is 11.6 Å². The molecule has 2 fully saturated rings. The van der Waals surface area contributed by atoms with Gasteiger partial charge >= 0.3 is 0 Å². The summed E-state index contributed by atoms with van der Waals surface area (Å²) in [6.07, 6.45) is 3.47. The predicted molar refractivity (Wildman–Crippen MR) is 81.5 cm³/mol. The van der Waals surface area contributed by atoms with Crippen LogP contribution in [0.3, 0.4) is 0 Å². The lowest BCUT2D eigenvalue weighted by Gasteiger charge is -2.32. The van der Waals surface area contributed by atoms with Gasteiger partial charge in [0.15, 0.2) is 0 Å². The molecule has 1 aromatic carbocycles. The van der Waals surface area contributed by atoms with Gasteiger partial charge in [0.05, 0.1) is 11.6 Å². The van der Waals surface area contributed by atoms with Gasteiger partial charge < -0.3 is 5.11 Å². The predicted octanol–water partition coefficient (Wildman–Crippen LogP) is 2.84. The van der Waals surface area contributed by atoms with Crippen LogP contribution in [0.2, 0.25) is 0 Å². The number of hydrogen-bond donors (Lipinski definition) is 3. The Hall–Kier alpha value is -0.610. The Kier molecular flexibility index (Phi) is 3.80. The fourth-order valence-electron chi connectivity index (χ4n) is 3.49. The molecular weight excluding hydrogens is 272 g/mol. The molecule has 0 radical (unpaired) electrons. The van der Waals surface area contributed by atoms with Crippen molar-refractivity contribution in [2.45, 2.75) is 56.2 Å². The number of aliphatic hydroxyl groups is 1. The second kappa shape index (κ2) is 5.30. The molecule has 1 aliphatic carbocycles. The highest BCUT2D eigenvalue weighted by molar-refractivity contribution is 6.21. The van der Waals surface area contributed by atoms with Gasteiger partial charge in [-0.05, 0) is 37.8 Å². The quantitative estimate of drug-likeness (QED) is 0.735. The summed E-state index contributed by atoms with van der Waals surface area (Å²) < 4.78 is 0. The molecule has 110 valence electrons. The topological polar surface area (TPSA) is 44.3 Å². The molecule has 0 bridgehead atoms. The van der Waals surface area contributed by atoms with E-state index in [2.05, 4.69) is 23.0 Å². The van der Waals surface area contributed by atoms with E-state index in [1.807, 2.05) is 26.0 Å². The molecule has 3 nitrogen and oxygen atoms in total. The first-order valence-corrected chi connectivity index (χ1v) is 7.88. The number of benzene rings is 1. The first kappa shape index (κ1) is 14.3. The van der Waals surface area contributed by atoms with Crippen LogP contribution in [0.15, 0.2) is 24.3 Å². The highest BCUT2D eigenvalue weighted by Gasteiger charge is 2.43. The van der Waals surface area contributed by atoms with Crippen molar-refractivity contribution in [3.63, 3.8) is 0 Å². The fourth-order valence-corrected chi connectivity index (χ4v) is 3.97. The van der Waals surface area contributed by atoms with Gasteiger partial charge in [-0.15, -0.1) is 11.6 Å². The maximum Gasteiger partial charge on any atom is 0.0840 e. The van der Waals surface area contributed by atoms with Crippen LogP contribution in [-0.2, 0) is 5.60 Å². The molecule has 4 unspecified atom stereocenters. The minimum atomic E-state index is -0.811. The summed E-state index contributed by atoms with van der Waals surface area (Å²) in [4.78, 5) is 0. The highest BCUT2D eigenvalue weighted by Crippen LogP contribution is 2.41. The Morgan fingerprint density at radius 1 is 1.25 bits per heavy atom. The lowest BCUT2D eigenvalue weighted by molar-refractivity contribution is 0.0784. The van der Waals surface area contributed by atoms with Crippen molar-refractivity contribution in [3.8, 4) is 0 Å². The van der Waals surface area contributed by atoms with Gasteiger partial charge in [0.1, 0.15) is 0 Å². The number of fused-ring (bicyclic) bond motifs is 1. The summed E-state index contributed by atoms with van der Waals surface area (Å²) in [5.74, 6) is 0.419. The summed E-state index contributed by atoms with van der Waals surface area (Å²) in [7, 11) is 0. The van der Waals surface area contributed by atoms with Crippen molar-refractivity contribution in [3.05, 3.63) is 35.4 Å². The molecule has 4 heteroatoms. The second-order valence-corrected chi connectivity index (χ2v) is 7.14. The molecule has 0 spiro atoms. The summed E-state index contributed by atoms with van der Waals surface area (Å²) in [5, 5.41) is 10.4. The molecule has 0 aromatic heterocycles.